The molecule has 0 aliphatic carbocycles. The monoisotopic (exact) mass is 431 g/mol. The van der Waals surface area contributed by atoms with Crippen LogP contribution in [-0.2, 0) is 6.42 Å². The highest BCUT2D eigenvalue weighted by molar-refractivity contribution is 7.19. The SMILES string of the molecule is CCCc1nnc2sc(-c3cccc(NC(=O)c4ccc(Cl)cc4Cl)c3)nn12. The van der Waals surface area contributed by atoms with Crippen LogP contribution < -0.4 is 5.32 Å². The molecule has 2 aromatic heterocycles. The Bertz CT molecular complexity index is 1170. The zero-order chi connectivity index (χ0) is 19.7. The van der Waals surface area contributed by atoms with E-state index in [9.17, 15) is 4.79 Å². The van der Waals surface area contributed by atoms with E-state index in [1.54, 1.807) is 22.7 Å². The molecule has 9 heteroatoms. The Morgan fingerprint density at radius 3 is 2.82 bits per heavy atom. The number of carbonyl (C=O) groups is 1. The summed E-state index contributed by atoms with van der Waals surface area (Å²) >= 11 is 13.5. The van der Waals surface area contributed by atoms with E-state index >= 15 is 0 Å². The Morgan fingerprint density at radius 1 is 1.18 bits per heavy atom. The highest BCUT2D eigenvalue weighted by atomic mass is 35.5. The van der Waals surface area contributed by atoms with E-state index < -0.39 is 0 Å². The van der Waals surface area contributed by atoms with Gasteiger partial charge in [-0.3, -0.25) is 4.79 Å². The van der Waals surface area contributed by atoms with Crippen molar-refractivity contribution in [1.29, 1.82) is 0 Å². The predicted molar refractivity (Wildman–Crippen MR) is 113 cm³/mol. The van der Waals surface area contributed by atoms with Crippen LogP contribution in [0.4, 0.5) is 5.69 Å². The van der Waals surface area contributed by atoms with Crippen molar-refractivity contribution in [2.45, 2.75) is 19.8 Å². The summed E-state index contributed by atoms with van der Waals surface area (Å²) in [6.45, 7) is 2.09. The molecule has 0 atom stereocenters. The van der Waals surface area contributed by atoms with Gasteiger partial charge in [0.15, 0.2) is 5.82 Å². The summed E-state index contributed by atoms with van der Waals surface area (Å²) in [5, 5.41) is 17.4. The van der Waals surface area contributed by atoms with Gasteiger partial charge in [0.05, 0.1) is 10.6 Å². The molecule has 0 aliphatic rings. The van der Waals surface area contributed by atoms with Gasteiger partial charge in [-0.15, -0.1) is 10.2 Å². The average Bonchev–Trinajstić information content (AvgIpc) is 3.24. The van der Waals surface area contributed by atoms with Crippen LogP contribution in [0, 0.1) is 0 Å². The van der Waals surface area contributed by atoms with Gasteiger partial charge in [0.1, 0.15) is 5.01 Å². The van der Waals surface area contributed by atoms with E-state index in [1.807, 2.05) is 24.3 Å². The molecule has 0 aliphatic heterocycles. The quantitative estimate of drug-likeness (QED) is 0.461. The second-order valence-corrected chi connectivity index (χ2v) is 7.93. The molecule has 0 fully saturated rings. The van der Waals surface area contributed by atoms with Gasteiger partial charge in [-0.25, -0.2) is 0 Å². The summed E-state index contributed by atoms with van der Waals surface area (Å²) in [6, 6.07) is 12.3. The molecule has 6 nitrogen and oxygen atoms in total. The molecule has 0 saturated heterocycles. The average molecular weight is 432 g/mol. The Morgan fingerprint density at radius 2 is 2.04 bits per heavy atom. The molecule has 28 heavy (non-hydrogen) atoms. The lowest BCUT2D eigenvalue weighted by Crippen LogP contribution is -2.12. The Labute approximate surface area is 175 Å². The van der Waals surface area contributed by atoms with Crippen molar-refractivity contribution in [3.63, 3.8) is 0 Å². The van der Waals surface area contributed by atoms with E-state index in [0.717, 1.165) is 34.2 Å². The smallest absolute Gasteiger partial charge is 0.257 e. The third-order valence-corrected chi connectivity index (χ3v) is 5.57. The first-order valence-corrected chi connectivity index (χ1v) is 10.2. The lowest BCUT2D eigenvalue weighted by Gasteiger charge is -2.08. The van der Waals surface area contributed by atoms with Crippen molar-refractivity contribution in [2.24, 2.45) is 0 Å². The van der Waals surface area contributed by atoms with Crippen molar-refractivity contribution >= 4 is 51.1 Å². The maximum atomic E-state index is 12.5. The fourth-order valence-corrected chi connectivity index (χ4v) is 4.10. The summed E-state index contributed by atoms with van der Waals surface area (Å²) in [5.74, 6) is 0.545. The summed E-state index contributed by atoms with van der Waals surface area (Å²) < 4.78 is 1.78. The van der Waals surface area contributed by atoms with Crippen molar-refractivity contribution in [1.82, 2.24) is 19.8 Å². The van der Waals surface area contributed by atoms with Crippen molar-refractivity contribution in [2.75, 3.05) is 5.32 Å². The van der Waals surface area contributed by atoms with Gasteiger partial charge in [0.25, 0.3) is 5.91 Å². The van der Waals surface area contributed by atoms with Crippen LogP contribution in [0.5, 0.6) is 0 Å². The van der Waals surface area contributed by atoms with Gasteiger partial charge in [-0.1, -0.05) is 53.6 Å². The molecule has 0 saturated carbocycles. The molecular formula is C19H15Cl2N5OS. The molecule has 142 valence electrons. The minimum Gasteiger partial charge on any atom is -0.322 e. The number of nitrogens with zero attached hydrogens (tertiary/aromatic N) is 4. The van der Waals surface area contributed by atoms with Crippen molar-refractivity contribution < 1.29 is 4.79 Å². The molecule has 0 unspecified atom stereocenters. The Kier molecular flexibility index (Phi) is 5.30. The number of aromatic nitrogens is 4. The normalized spacial score (nSPS) is 11.1. The first kappa shape index (κ1) is 18.9. The van der Waals surface area contributed by atoms with E-state index in [1.165, 1.54) is 11.3 Å². The maximum Gasteiger partial charge on any atom is 0.257 e. The van der Waals surface area contributed by atoms with Crippen LogP contribution in [0.15, 0.2) is 42.5 Å². The number of hydrogen-bond donors (Lipinski definition) is 1. The summed E-state index contributed by atoms with van der Waals surface area (Å²) in [5.41, 5.74) is 1.89. The zero-order valence-corrected chi connectivity index (χ0v) is 17.1. The Balaban J connectivity index is 1.60. The second-order valence-electron chi connectivity index (χ2n) is 6.13. The van der Waals surface area contributed by atoms with Gasteiger partial charge >= 0.3 is 0 Å². The van der Waals surface area contributed by atoms with E-state index in [4.69, 9.17) is 23.2 Å². The third-order valence-electron chi connectivity index (χ3n) is 4.07. The van der Waals surface area contributed by atoms with Crippen LogP contribution >= 0.6 is 34.5 Å². The number of carbonyl (C=O) groups excluding carboxylic acids is 1. The highest BCUT2D eigenvalue weighted by Gasteiger charge is 2.14. The molecule has 0 spiro atoms. The maximum absolute atomic E-state index is 12.5. The zero-order valence-electron chi connectivity index (χ0n) is 14.8. The van der Waals surface area contributed by atoms with Crippen molar-refractivity contribution in [3.05, 3.63) is 63.9 Å². The standard InChI is InChI=1S/C19H15Cl2N5OS/c1-2-4-16-23-24-19-26(16)25-18(28-19)11-5-3-6-13(9-11)22-17(27)14-8-7-12(20)10-15(14)21/h3,5-10H,2,4H2,1H3,(H,22,27). The fraction of sp³-hybridized carbons (Fsp3) is 0.158. The lowest BCUT2D eigenvalue weighted by atomic mass is 10.2. The van der Waals surface area contributed by atoms with E-state index in [0.29, 0.717) is 21.3 Å². The lowest BCUT2D eigenvalue weighted by molar-refractivity contribution is 0.102. The van der Waals surface area contributed by atoms with Crippen LogP contribution in [0.1, 0.15) is 29.5 Å². The van der Waals surface area contributed by atoms with Crippen LogP contribution in [0.3, 0.4) is 0 Å². The molecule has 0 bridgehead atoms. The highest BCUT2D eigenvalue weighted by Crippen LogP contribution is 2.28. The molecule has 4 rings (SSSR count). The fourth-order valence-electron chi connectivity index (χ4n) is 2.76. The predicted octanol–water partition coefficient (Wildman–Crippen LogP) is 5.36. The van der Waals surface area contributed by atoms with Crippen LogP contribution in [0.2, 0.25) is 10.0 Å². The van der Waals surface area contributed by atoms with Gasteiger partial charge in [-0.05, 0) is 36.8 Å². The summed E-state index contributed by atoms with van der Waals surface area (Å²) in [7, 11) is 0. The first-order chi connectivity index (χ1) is 13.5. The number of aryl methyl sites for hydroxylation is 1. The second kappa shape index (κ2) is 7.87. The van der Waals surface area contributed by atoms with Crippen molar-refractivity contribution in [3.8, 4) is 10.6 Å². The molecule has 1 N–H and O–H groups in total. The number of amides is 1. The van der Waals surface area contributed by atoms with Crippen LogP contribution in [-0.4, -0.2) is 25.7 Å². The number of fused-ring (bicyclic) bond motifs is 1. The number of nitrogens with one attached hydrogen (secondary N) is 1. The minimum absolute atomic E-state index is 0.304. The third kappa shape index (κ3) is 3.73. The number of halogens is 2. The molecular weight excluding hydrogens is 417 g/mol. The Hall–Kier alpha value is -2.48. The summed E-state index contributed by atoms with van der Waals surface area (Å²) in [6.07, 6.45) is 1.80. The van der Waals surface area contributed by atoms with E-state index in [-0.39, 0.29) is 5.91 Å². The molecule has 4 aromatic rings. The van der Waals surface area contributed by atoms with Gasteiger partial charge in [-0.2, -0.15) is 9.61 Å². The van der Waals surface area contributed by atoms with E-state index in [2.05, 4.69) is 27.5 Å². The largest absolute Gasteiger partial charge is 0.322 e. The molecule has 2 heterocycles. The number of benzene rings is 2. The number of anilines is 1. The first-order valence-electron chi connectivity index (χ1n) is 8.63. The number of rotatable bonds is 5. The molecule has 1 amide bonds. The number of hydrogen-bond acceptors (Lipinski definition) is 5. The molecule has 0 radical (unpaired) electrons. The minimum atomic E-state index is -0.304. The summed E-state index contributed by atoms with van der Waals surface area (Å²) in [4.78, 5) is 13.3. The van der Waals surface area contributed by atoms with Gasteiger partial charge in [0, 0.05) is 22.7 Å². The molecule has 2 aromatic carbocycles. The topological polar surface area (TPSA) is 72.2 Å². The van der Waals surface area contributed by atoms with Gasteiger partial charge < -0.3 is 5.32 Å². The van der Waals surface area contributed by atoms with Crippen LogP contribution in [0.25, 0.3) is 15.5 Å². The van der Waals surface area contributed by atoms with Gasteiger partial charge in [0.2, 0.25) is 4.96 Å².